The van der Waals surface area contributed by atoms with Crippen LogP contribution in [0.1, 0.15) is 25.0 Å². The third-order valence-corrected chi connectivity index (χ3v) is 4.82. The topological polar surface area (TPSA) is 66.5 Å². The molecule has 5 nitrogen and oxygen atoms in total. The molecule has 0 unspecified atom stereocenters. The molecular formula is C16H20N2O3S. The van der Waals surface area contributed by atoms with Gasteiger partial charge in [-0.2, -0.15) is 0 Å². The molecule has 1 N–H and O–H groups in total. The molecule has 0 radical (unpaired) electrons. The van der Waals surface area contributed by atoms with E-state index in [9.17, 15) is 14.4 Å². The van der Waals surface area contributed by atoms with Gasteiger partial charge in [0.25, 0.3) is 0 Å². The molecule has 1 saturated heterocycles. The van der Waals surface area contributed by atoms with Crippen LogP contribution in [-0.2, 0) is 14.4 Å². The van der Waals surface area contributed by atoms with Crippen LogP contribution < -0.4 is 5.32 Å². The highest BCUT2D eigenvalue weighted by Crippen LogP contribution is 2.27. The quantitative estimate of drug-likeness (QED) is 0.866. The molecule has 0 spiro atoms. The number of thioether (sulfide) groups is 1. The van der Waals surface area contributed by atoms with E-state index < -0.39 is 0 Å². The van der Waals surface area contributed by atoms with Crippen LogP contribution in [0, 0.1) is 13.8 Å². The lowest BCUT2D eigenvalue weighted by Crippen LogP contribution is -2.52. The maximum absolute atomic E-state index is 12.2. The molecule has 1 aliphatic heterocycles. The zero-order valence-corrected chi connectivity index (χ0v) is 14.0. The third-order valence-electron chi connectivity index (χ3n) is 3.60. The van der Waals surface area contributed by atoms with Gasteiger partial charge in [-0.25, -0.2) is 0 Å². The number of rotatable bonds is 3. The summed E-state index contributed by atoms with van der Waals surface area (Å²) in [5.41, 5.74) is 2.68. The van der Waals surface area contributed by atoms with Gasteiger partial charge in [-0.3, -0.25) is 19.3 Å². The van der Waals surface area contributed by atoms with Gasteiger partial charge in [0, 0.05) is 5.69 Å². The van der Waals surface area contributed by atoms with Crippen molar-refractivity contribution < 1.29 is 14.4 Å². The van der Waals surface area contributed by atoms with E-state index in [1.165, 1.54) is 11.8 Å². The molecular weight excluding hydrogens is 300 g/mol. The number of nitrogens with one attached hydrogen (secondary N) is 1. The number of nitrogens with zero attached hydrogens (tertiary/aromatic N) is 1. The van der Waals surface area contributed by atoms with Gasteiger partial charge in [0.15, 0.2) is 0 Å². The summed E-state index contributed by atoms with van der Waals surface area (Å²) in [4.78, 5) is 37.4. The summed E-state index contributed by atoms with van der Waals surface area (Å²) < 4.78 is 0. The minimum atomic E-state index is -0.360. The fourth-order valence-corrected chi connectivity index (χ4v) is 3.43. The van der Waals surface area contributed by atoms with Gasteiger partial charge in [-0.1, -0.05) is 12.1 Å². The van der Waals surface area contributed by atoms with Gasteiger partial charge >= 0.3 is 0 Å². The van der Waals surface area contributed by atoms with E-state index in [2.05, 4.69) is 5.32 Å². The average molecular weight is 320 g/mol. The minimum absolute atomic E-state index is 0.236. The van der Waals surface area contributed by atoms with Crippen LogP contribution in [0.25, 0.3) is 0 Å². The molecule has 118 valence electrons. The van der Waals surface area contributed by atoms with Crippen molar-refractivity contribution in [3.8, 4) is 0 Å². The zero-order valence-electron chi connectivity index (χ0n) is 13.2. The summed E-state index contributed by atoms with van der Waals surface area (Å²) in [5.74, 6) is -0.963. The van der Waals surface area contributed by atoms with E-state index in [1.54, 1.807) is 13.8 Å². The van der Waals surface area contributed by atoms with E-state index in [1.807, 2.05) is 32.0 Å². The fraction of sp³-hybridized carbons (Fsp3) is 0.438. The smallest absolute Gasteiger partial charge is 0.244 e. The second kappa shape index (κ2) is 6.52. The maximum Gasteiger partial charge on any atom is 0.244 e. The predicted molar refractivity (Wildman–Crippen MR) is 87.8 cm³/mol. The van der Waals surface area contributed by atoms with Crippen LogP contribution in [0.3, 0.4) is 0 Å². The highest BCUT2D eigenvalue weighted by Gasteiger charge is 2.38. The molecule has 22 heavy (non-hydrogen) atoms. The molecule has 1 heterocycles. The summed E-state index contributed by atoms with van der Waals surface area (Å²) in [6, 6.07) is 5.75. The van der Waals surface area contributed by atoms with Gasteiger partial charge in [-0.15, -0.1) is 11.8 Å². The van der Waals surface area contributed by atoms with E-state index in [-0.39, 0.29) is 34.8 Å². The first-order valence-corrected chi connectivity index (χ1v) is 8.11. The molecule has 2 rings (SSSR count). The Morgan fingerprint density at radius 2 is 1.77 bits per heavy atom. The van der Waals surface area contributed by atoms with Gasteiger partial charge in [0.2, 0.25) is 17.7 Å². The standard InChI is InChI=1S/C16H20N2O3S/c1-9-5-6-10(2)13(7-9)17-14(19)8-18-15(20)11(3)22-12(4)16(18)21/h5-7,11-12H,8H2,1-4H3,(H,17,19)/t11-,12-/m1/s1. The molecule has 0 bridgehead atoms. The van der Waals surface area contributed by atoms with Crippen LogP contribution in [0.5, 0.6) is 0 Å². The Morgan fingerprint density at radius 3 is 2.36 bits per heavy atom. The first-order valence-electron chi connectivity index (χ1n) is 7.17. The summed E-state index contributed by atoms with van der Waals surface area (Å²) in [7, 11) is 0. The normalized spacial score (nSPS) is 21.9. The number of aryl methyl sites for hydroxylation is 2. The number of carbonyl (C=O) groups is 3. The SMILES string of the molecule is Cc1ccc(C)c(NC(=O)CN2C(=O)[C@@H](C)S[C@H](C)C2=O)c1. The molecule has 6 heteroatoms. The second-order valence-corrected chi connectivity index (χ2v) is 7.24. The van der Waals surface area contributed by atoms with Crippen LogP contribution >= 0.6 is 11.8 Å². The molecule has 1 aliphatic rings. The Labute approximate surface area is 134 Å². The first kappa shape index (κ1) is 16.5. The number of hydrogen-bond acceptors (Lipinski definition) is 4. The Morgan fingerprint density at radius 1 is 1.18 bits per heavy atom. The third kappa shape index (κ3) is 3.50. The molecule has 0 aliphatic carbocycles. The maximum atomic E-state index is 12.2. The highest BCUT2D eigenvalue weighted by molar-refractivity contribution is 8.02. The van der Waals surface area contributed by atoms with Gasteiger partial charge in [-0.05, 0) is 44.9 Å². The Bertz CT molecular complexity index is 610. The van der Waals surface area contributed by atoms with Crippen molar-refractivity contribution in [2.24, 2.45) is 0 Å². The lowest BCUT2D eigenvalue weighted by molar-refractivity contribution is -0.147. The summed E-state index contributed by atoms with van der Waals surface area (Å²) in [5, 5.41) is 2.17. The van der Waals surface area contributed by atoms with Crippen LogP contribution in [-0.4, -0.2) is 39.7 Å². The zero-order chi connectivity index (χ0) is 16.4. The molecule has 1 fully saturated rings. The van der Waals surface area contributed by atoms with Crippen molar-refractivity contribution >= 4 is 35.2 Å². The number of carbonyl (C=O) groups excluding carboxylic acids is 3. The van der Waals surface area contributed by atoms with Crippen LogP contribution in [0.2, 0.25) is 0 Å². The lowest BCUT2D eigenvalue weighted by atomic mass is 10.1. The summed E-state index contributed by atoms with van der Waals surface area (Å²) in [6.45, 7) is 7.11. The Kier molecular flexibility index (Phi) is 4.90. The molecule has 1 aromatic rings. The van der Waals surface area contributed by atoms with Crippen molar-refractivity contribution in [1.82, 2.24) is 4.90 Å². The number of anilines is 1. The number of imide groups is 1. The van der Waals surface area contributed by atoms with E-state index in [4.69, 9.17) is 0 Å². The van der Waals surface area contributed by atoms with E-state index in [0.717, 1.165) is 16.0 Å². The molecule has 1 aromatic carbocycles. The Hall–Kier alpha value is -1.82. The second-order valence-electron chi connectivity index (χ2n) is 5.55. The van der Waals surface area contributed by atoms with Crippen LogP contribution in [0.15, 0.2) is 18.2 Å². The van der Waals surface area contributed by atoms with Gasteiger partial charge < -0.3 is 5.32 Å². The Balaban J connectivity index is 2.09. The van der Waals surface area contributed by atoms with Crippen LogP contribution in [0.4, 0.5) is 5.69 Å². The van der Waals surface area contributed by atoms with E-state index in [0.29, 0.717) is 5.69 Å². The molecule has 0 saturated carbocycles. The number of hydrogen-bond donors (Lipinski definition) is 1. The van der Waals surface area contributed by atoms with Gasteiger partial charge in [0.05, 0.1) is 10.5 Å². The first-order chi connectivity index (χ1) is 10.3. The van der Waals surface area contributed by atoms with Crippen molar-refractivity contribution in [2.75, 3.05) is 11.9 Å². The van der Waals surface area contributed by atoms with Crippen molar-refractivity contribution in [3.05, 3.63) is 29.3 Å². The number of amides is 3. The lowest BCUT2D eigenvalue weighted by Gasteiger charge is -2.31. The number of benzene rings is 1. The minimum Gasteiger partial charge on any atom is -0.324 e. The molecule has 0 aromatic heterocycles. The molecule has 2 atom stereocenters. The fourth-order valence-electron chi connectivity index (χ4n) is 2.33. The summed E-state index contributed by atoms with van der Waals surface area (Å²) in [6.07, 6.45) is 0. The molecule has 3 amide bonds. The highest BCUT2D eigenvalue weighted by atomic mass is 32.2. The monoisotopic (exact) mass is 320 g/mol. The van der Waals surface area contributed by atoms with Crippen molar-refractivity contribution in [2.45, 2.75) is 38.2 Å². The largest absolute Gasteiger partial charge is 0.324 e. The predicted octanol–water partition coefficient (Wildman–Crippen LogP) is 2.12. The van der Waals surface area contributed by atoms with Crippen molar-refractivity contribution in [3.63, 3.8) is 0 Å². The summed E-state index contributed by atoms with van der Waals surface area (Å²) >= 11 is 1.32. The van der Waals surface area contributed by atoms with Gasteiger partial charge in [0.1, 0.15) is 6.54 Å². The van der Waals surface area contributed by atoms with E-state index >= 15 is 0 Å². The average Bonchev–Trinajstić information content (AvgIpc) is 2.45. The van der Waals surface area contributed by atoms with Crippen molar-refractivity contribution in [1.29, 1.82) is 0 Å².